The van der Waals surface area contributed by atoms with E-state index in [-0.39, 0.29) is 0 Å². The van der Waals surface area contributed by atoms with Gasteiger partial charge in [0, 0.05) is 18.9 Å². The van der Waals surface area contributed by atoms with Crippen LogP contribution in [0.4, 0.5) is 5.82 Å². The van der Waals surface area contributed by atoms with E-state index in [0.29, 0.717) is 6.54 Å². The van der Waals surface area contributed by atoms with Crippen LogP contribution in [0.1, 0.15) is 11.1 Å². The van der Waals surface area contributed by atoms with Gasteiger partial charge in [0.15, 0.2) is 11.4 Å². The van der Waals surface area contributed by atoms with Gasteiger partial charge in [0.1, 0.15) is 11.5 Å². The maximum absolute atomic E-state index is 5.52. The molecule has 0 aliphatic carbocycles. The fourth-order valence-electron chi connectivity index (χ4n) is 2.55. The van der Waals surface area contributed by atoms with E-state index < -0.39 is 0 Å². The molecule has 3 aromatic heterocycles. The second-order valence-electron chi connectivity index (χ2n) is 5.43. The molecule has 0 aliphatic rings. The summed E-state index contributed by atoms with van der Waals surface area (Å²) in [7, 11) is 0. The average Bonchev–Trinajstić information content (AvgIpc) is 3.22. The standard InChI is InChI=1S/C18H16N4O/c1-13-4-6-14(7-5-13)11-20-18-17(15-3-2-10-23-15)21-16-12-19-8-9-22(16)18/h2-10,12,20H,11H2,1H3. The van der Waals surface area contributed by atoms with Gasteiger partial charge in [0.25, 0.3) is 0 Å². The Kier molecular flexibility index (Phi) is 3.31. The number of benzene rings is 1. The Morgan fingerprint density at radius 3 is 2.83 bits per heavy atom. The zero-order chi connectivity index (χ0) is 15.6. The third kappa shape index (κ3) is 2.57. The molecule has 0 unspecified atom stereocenters. The highest BCUT2D eigenvalue weighted by Crippen LogP contribution is 2.29. The number of anilines is 1. The van der Waals surface area contributed by atoms with Gasteiger partial charge in [-0.25, -0.2) is 4.98 Å². The van der Waals surface area contributed by atoms with E-state index in [2.05, 4.69) is 46.5 Å². The number of rotatable bonds is 4. The van der Waals surface area contributed by atoms with Gasteiger partial charge in [0.05, 0.1) is 12.5 Å². The largest absolute Gasteiger partial charge is 0.463 e. The second kappa shape index (κ2) is 5.61. The molecule has 3 heterocycles. The topological polar surface area (TPSA) is 55.4 Å². The lowest BCUT2D eigenvalue weighted by Gasteiger charge is -2.08. The van der Waals surface area contributed by atoms with Gasteiger partial charge in [-0.1, -0.05) is 29.8 Å². The molecule has 0 fully saturated rings. The Labute approximate surface area is 133 Å². The summed E-state index contributed by atoms with van der Waals surface area (Å²) in [6.07, 6.45) is 7.04. The van der Waals surface area contributed by atoms with Crippen LogP contribution in [0.3, 0.4) is 0 Å². The van der Waals surface area contributed by atoms with E-state index in [1.807, 2.05) is 22.7 Å². The maximum atomic E-state index is 5.52. The second-order valence-corrected chi connectivity index (χ2v) is 5.43. The van der Waals surface area contributed by atoms with Gasteiger partial charge < -0.3 is 9.73 Å². The first-order valence-electron chi connectivity index (χ1n) is 7.46. The minimum atomic E-state index is 0.712. The van der Waals surface area contributed by atoms with Crippen LogP contribution in [0.2, 0.25) is 0 Å². The third-order valence-electron chi connectivity index (χ3n) is 3.77. The minimum Gasteiger partial charge on any atom is -0.463 e. The van der Waals surface area contributed by atoms with E-state index in [1.54, 1.807) is 18.7 Å². The summed E-state index contributed by atoms with van der Waals surface area (Å²) in [5.74, 6) is 1.64. The van der Waals surface area contributed by atoms with Crippen LogP contribution in [0.25, 0.3) is 17.1 Å². The van der Waals surface area contributed by atoms with Crippen molar-refractivity contribution in [2.45, 2.75) is 13.5 Å². The zero-order valence-corrected chi connectivity index (χ0v) is 12.7. The Hall–Kier alpha value is -3.08. The first kappa shape index (κ1) is 13.6. The Morgan fingerprint density at radius 2 is 2.04 bits per heavy atom. The van der Waals surface area contributed by atoms with E-state index in [4.69, 9.17) is 4.42 Å². The van der Waals surface area contributed by atoms with Gasteiger partial charge >= 0.3 is 0 Å². The van der Waals surface area contributed by atoms with Crippen molar-refractivity contribution >= 4 is 11.5 Å². The number of nitrogens with one attached hydrogen (secondary N) is 1. The molecule has 0 aliphatic heterocycles. The fraction of sp³-hybridized carbons (Fsp3) is 0.111. The molecule has 0 amide bonds. The number of aryl methyl sites for hydroxylation is 1. The summed E-state index contributed by atoms with van der Waals surface area (Å²) >= 11 is 0. The molecule has 0 atom stereocenters. The zero-order valence-electron chi connectivity index (χ0n) is 12.7. The van der Waals surface area contributed by atoms with Crippen LogP contribution in [0.15, 0.2) is 65.7 Å². The molecular weight excluding hydrogens is 288 g/mol. The lowest BCUT2D eigenvalue weighted by molar-refractivity contribution is 0.580. The van der Waals surface area contributed by atoms with Gasteiger partial charge in [0.2, 0.25) is 0 Å². The maximum Gasteiger partial charge on any atom is 0.157 e. The van der Waals surface area contributed by atoms with Crippen LogP contribution in [-0.2, 0) is 6.54 Å². The minimum absolute atomic E-state index is 0.712. The lowest BCUT2D eigenvalue weighted by Crippen LogP contribution is -2.03. The Bertz CT molecular complexity index is 923. The Balaban J connectivity index is 1.72. The van der Waals surface area contributed by atoms with Gasteiger partial charge in [-0.05, 0) is 24.6 Å². The third-order valence-corrected chi connectivity index (χ3v) is 3.77. The van der Waals surface area contributed by atoms with Gasteiger partial charge in [-0.2, -0.15) is 0 Å². The highest BCUT2D eigenvalue weighted by atomic mass is 16.3. The van der Waals surface area contributed by atoms with Crippen LogP contribution in [0, 0.1) is 6.92 Å². The first-order valence-corrected chi connectivity index (χ1v) is 7.46. The quantitative estimate of drug-likeness (QED) is 0.621. The number of imidazole rings is 1. The SMILES string of the molecule is Cc1ccc(CNc2c(-c3ccco3)nc3cnccn23)cc1. The van der Waals surface area contributed by atoms with E-state index in [1.165, 1.54) is 11.1 Å². The molecule has 0 radical (unpaired) electrons. The summed E-state index contributed by atoms with van der Waals surface area (Å²) in [6.45, 7) is 2.80. The van der Waals surface area contributed by atoms with Crippen LogP contribution >= 0.6 is 0 Å². The number of aromatic nitrogens is 3. The molecule has 5 heteroatoms. The van der Waals surface area contributed by atoms with Crippen LogP contribution in [-0.4, -0.2) is 14.4 Å². The van der Waals surface area contributed by atoms with Crippen molar-refractivity contribution in [1.29, 1.82) is 0 Å². The predicted octanol–water partition coefficient (Wildman–Crippen LogP) is 3.91. The van der Waals surface area contributed by atoms with Crippen molar-refractivity contribution in [3.63, 3.8) is 0 Å². The smallest absolute Gasteiger partial charge is 0.157 e. The highest BCUT2D eigenvalue weighted by Gasteiger charge is 2.15. The number of hydrogen-bond acceptors (Lipinski definition) is 4. The number of nitrogens with zero attached hydrogens (tertiary/aromatic N) is 3. The van der Waals surface area contributed by atoms with Crippen molar-refractivity contribution in [2.24, 2.45) is 0 Å². The summed E-state index contributed by atoms with van der Waals surface area (Å²) < 4.78 is 7.51. The Morgan fingerprint density at radius 1 is 1.17 bits per heavy atom. The predicted molar refractivity (Wildman–Crippen MR) is 89.2 cm³/mol. The van der Waals surface area contributed by atoms with Crippen LogP contribution in [0.5, 0.6) is 0 Å². The molecule has 0 saturated carbocycles. The lowest BCUT2D eigenvalue weighted by atomic mass is 10.1. The average molecular weight is 304 g/mol. The molecule has 114 valence electrons. The number of fused-ring (bicyclic) bond motifs is 1. The molecule has 4 rings (SSSR count). The van der Waals surface area contributed by atoms with Crippen molar-refractivity contribution in [3.05, 3.63) is 72.4 Å². The molecule has 0 spiro atoms. The molecule has 4 aromatic rings. The monoisotopic (exact) mass is 304 g/mol. The molecule has 5 nitrogen and oxygen atoms in total. The molecule has 0 saturated heterocycles. The summed E-state index contributed by atoms with van der Waals surface area (Å²) in [4.78, 5) is 8.76. The van der Waals surface area contributed by atoms with Crippen molar-refractivity contribution in [3.8, 4) is 11.5 Å². The molecule has 0 bridgehead atoms. The normalized spacial score (nSPS) is 11.0. The van der Waals surface area contributed by atoms with E-state index in [9.17, 15) is 0 Å². The van der Waals surface area contributed by atoms with E-state index >= 15 is 0 Å². The van der Waals surface area contributed by atoms with Crippen molar-refractivity contribution < 1.29 is 4.42 Å². The number of furan rings is 1. The molecule has 23 heavy (non-hydrogen) atoms. The fourth-order valence-corrected chi connectivity index (χ4v) is 2.55. The molecule has 1 N–H and O–H groups in total. The van der Waals surface area contributed by atoms with Crippen LogP contribution < -0.4 is 5.32 Å². The summed E-state index contributed by atoms with van der Waals surface area (Å²) in [5.41, 5.74) is 4.04. The highest BCUT2D eigenvalue weighted by molar-refractivity contribution is 5.73. The van der Waals surface area contributed by atoms with Gasteiger partial charge in [-0.3, -0.25) is 9.38 Å². The van der Waals surface area contributed by atoms with Crippen molar-refractivity contribution in [2.75, 3.05) is 5.32 Å². The van der Waals surface area contributed by atoms with Gasteiger partial charge in [-0.15, -0.1) is 0 Å². The summed E-state index contributed by atoms with van der Waals surface area (Å²) in [6, 6.07) is 12.2. The number of hydrogen-bond donors (Lipinski definition) is 1. The van der Waals surface area contributed by atoms with Crippen molar-refractivity contribution in [1.82, 2.24) is 14.4 Å². The summed E-state index contributed by atoms with van der Waals surface area (Å²) in [5, 5.41) is 3.47. The first-order chi connectivity index (χ1) is 11.3. The van der Waals surface area contributed by atoms with E-state index in [0.717, 1.165) is 22.9 Å². The molecular formula is C18H16N4O. The molecule has 1 aromatic carbocycles.